The van der Waals surface area contributed by atoms with Crippen LogP contribution in [0.15, 0.2) is 41.3 Å². The van der Waals surface area contributed by atoms with Gasteiger partial charge in [-0.05, 0) is 32.0 Å². The number of carboxylic acids is 2. The lowest BCUT2D eigenvalue weighted by atomic mass is 10.2. The Labute approximate surface area is 128 Å². The molecule has 1 aromatic rings. The molecule has 0 saturated carbocycles. The second-order valence-corrected chi connectivity index (χ2v) is 5.93. The lowest BCUT2D eigenvalue weighted by Gasteiger charge is -2.07. The SMILES string of the molecule is Cc1ccc(SC2CCNC2)cc1.O=C(O)/C=C\C(=O)O. The van der Waals surface area contributed by atoms with E-state index < -0.39 is 11.9 Å². The number of benzene rings is 1. The monoisotopic (exact) mass is 309 g/mol. The molecule has 1 unspecified atom stereocenters. The first-order valence-corrected chi connectivity index (χ1v) is 7.43. The van der Waals surface area contributed by atoms with E-state index in [1.165, 1.54) is 30.0 Å². The number of aliphatic carboxylic acids is 2. The molecule has 1 saturated heterocycles. The number of aryl methyl sites for hydroxylation is 1. The van der Waals surface area contributed by atoms with E-state index in [0.29, 0.717) is 12.2 Å². The van der Waals surface area contributed by atoms with E-state index in [-0.39, 0.29) is 0 Å². The maximum Gasteiger partial charge on any atom is 0.328 e. The van der Waals surface area contributed by atoms with Crippen LogP contribution in [-0.4, -0.2) is 40.5 Å². The molecule has 1 heterocycles. The summed E-state index contributed by atoms with van der Waals surface area (Å²) in [4.78, 5) is 20.5. The Hall–Kier alpha value is -1.79. The van der Waals surface area contributed by atoms with E-state index >= 15 is 0 Å². The summed E-state index contributed by atoms with van der Waals surface area (Å²) < 4.78 is 0. The van der Waals surface area contributed by atoms with Crippen LogP contribution < -0.4 is 5.32 Å². The molecule has 0 aliphatic carbocycles. The summed E-state index contributed by atoms with van der Waals surface area (Å²) in [6.45, 7) is 4.48. The molecule has 1 fully saturated rings. The molecule has 0 radical (unpaired) electrons. The van der Waals surface area contributed by atoms with Crippen molar-refractivity contribution in [1.82, 2.24) is 5.32 Å². The summed E-state index contributed by atoms with van der Waals surface area (Å²) in [5, 5.41) is 19.8. The fraction of sp³-hybridized carbons (Fsp3) is 0.333. The first-order valence-electron chi connectivity index (χ1n) is 6.55. The highest BCUT2D eigenvalue weighted by Crippen LogP contribution is 2.26. The minimum atomic E-state index is -1.26. The van der Waals surface area contributed by atoms with Gasteiger partial charge in [-0.3, -0.25) is 0 Å². The van der Waals surface area contributed by atoms with Crippen molar-refractivity contribution in [3.8, 4) is 0 Å². The molecule has 6 heteroatoms. The van der Waals surface area contributed by atoms with E-state index in [1.54, 1.807) is 0 Å². The van der Waals surface area contributed by atoms with Gasteiger partial charge in [0.05, 0.1) is 0 Å². The summed E-state index contributed by atoms with van der Waals surface area (Å²) in [7, 11) is 0. The third-order valence-corrected chi connectivity index (χ3v) is 3.99. The summed E-state index contributed by atoms with van der Waals surface area (Å²) in [6, 6.07) is 8.81. The van der Waals surface area contributed by atoms with Gasteiger partial charge in [0.1, 0.15) is 0 Å². The summed E-state index contributed by atoms with van der Waals surface area (Å²) >= 11 is 2.00. The Morgan fingerprint density at radius 1 is 1.19 bits per heavy atom. The van der Waals surface area contributed by atoms with Crippen LogP contribution >= 0.6 is 11.8 Å². The standard InChI is InChI=1S/C11H15NS.C4H4O4/c1-9-2-4-10(5-3-9)13-11-6-7-12-8-11;5-3(6)1-2-4(7)8/h2-5,11-12H,6-8H2,1H3;1-2H,(H,5,6)(H,7,8)/b;2-1-. The Morgan fingerprint density at radius 2 is 1.76 bits per heavy atom. The van der Waals surface area contributed by atoms with Crippen molar-refractivity contribution < 1.29 is 19.8 Å². The maximum atomic E-state index is 9.55. The van der Waals surface area contributed by atoms with Gasteiger partial charge in [-0.1, -0.05) is 17.7 Å². The molecule has 0 amide bonds. The zero-order chi connectivity index (χ0) is 15.7. The topological polar surface area (TPSA) is 86.6 Å². The van der Waals surface area contributed by atoms with Gasteiger partial charge in [-0.2, -0.15) is 0 Å². The van der Waals surface area contributed by atoms with Crippen molar-refractivity contribution in [2.45, 2.75) is 23.5 Å². The molecular formula is C15H19NO4S. The quantitative estimate of drug-likeness (QED) is 0.739. The van der Waals surface area contributed by atoms with Crippen LogP contribution in [0.5, 0.6) is 0 Å². The van der Waals surface area contributed by atoms with E-state index in [9.17, 15) is 9.59 Å². The van der Waals surface area contributed by atoms with Crippen LogP contribution in [0.25, 0.3) is 0 Å². The largest absolute Gasteiger partial charge is 0.478 e. The summed E-state index contributed by atoms with van der Waals surface area (Å²) in [6.07, 6.45) is 2.42. The van der Waals surface area contributed by atoms with Gasteiger partial charge < -0.3 is 15.5 Å². The van der Waals surface area contributed by atoms with E-state index in [1.807, 2.05) is 11.8 Å². The van der Waals surface area contributed by atoms with Crippen LogP contribution in [0.1, 0.15) is 12.0 Å². The normalized spacial score (nSPS) is 17.3. The molecule has 0 bridgehead atoms. The fourth-order valence-corrected chi connectivity index (χ4v) is 2.80. The van der Waals surface area contributed by atoms with Crippen LogP contribution in [0, 0.1) is 6.92 Å². The molecular weight excluding hydrogens is 290 g/mol. The lowest BCUT2D eigenvalue weighted by molar-refractivity contribution is -0.134. The van der Waals surface area contributed by atoms with Gasteiger partial charge in [0.15, 0.2) is 0 Å². The highest BCUT2D eigenvalue weighted by atomic mass is 32.2. The van der Waals surface area contributed by atoms with Gasteiger partial charge in [0.25, 0.3) is 0 Å². The Kier molecular flexibility index (Phi) is 7.56. The number of rotatable bonds is 4. The molecule has 1 aliphatic heterocycles. The van der Waals surface area contributed by atoms with Gasteiger partial charge >= 0.3 is 11.9 Å². The van der Waals surface area contributed by atoms with Crippen molar-refractivity contribution in [3.05, 3.63) is 42.0 Å². The Balaban J connectivity index is 0.000000240. The van der Waals surface area contributed by atoms with Crippen molar-refractivity contribution in [3.63, 3.8) is 0 Å². The molecule has 0 aromatic heterocycles. The number of carboxylic acid groups (broad SMARTS) is 2. The Morgan fingerprint density at radius 3 is 2.19 bits per heavy atom. The maximum absolute atomic E-state index is 9.55. The molecule has 1 aromatic carbocycles. The van der Waals surface area contributed by atoms with Crippen molar-refractivity contribution >= 4 is 23.7 Å². The number of hydrogen-bond acceptors (Lipinski definition) is 4. The molecule has 114 valence electrons. The van der Waals surface area contributed by atoms with Crippen molar-refractivity contribution in [1.29, 1.82) is 0 Å². The number of nitrogens with one attached hydrogen (secondary N) is 1. The van der Waals surface area contributed by atoms with Crippen LogP contribution in [-0.2, 0) is 9.59 Å². The van der Waals surface area contributed by atoms with Gasteiger partial charge in [-0.15, -0.1) is 11.8 Å². The first kappa shape index (κ1) is 17.3. The number of thioether (sulfide) groups is 1. The molecule has 1 atom stereocenters. The average molecular weight is 309 g/mol. The smallest absolute Gasteiger partial charge is 0.328 e. The lowest BCUT2D eigenvalue weighted by Crippen LogP contribution is -2.09. The van der Waals surface area contributed by atoms with Crippen LogP contribution in [0.2, 0.25) is 0 Å². The zero-order valence-electron chi connectivity index (χ0n) is 11.8. The van der Waals surface area contributed by atoms with E-state index in [2.05, 4.69) is 36.5 Å². The third-order valence-electron chi connectivity index (χ3n) is 2.71. The second kappa shape index (κ2) is 9.20. The minimum Gasteiger partial charge on any atom is -0.478 e. The molecule has 2 rings (SSSR count). The van der Waals surface area contributed by atoms with Gasteiger partial charge in [0, 0.05) is 28.8 Å². The first-order chi connectivity index (χ1) is 9.97. The third kappa shape index (κ3) is 8.16. The van der Waals surface area contributed by atoms with Crippen LogP contribution in [0.4, 0.5) is 0 Å². The highest BCUT2D eigenvalue weighted by molar-refractivity contribution is 8.00. The van der Waals surface area contributed by atoms with E-state index in [4.69, 9.17) is 10.2 Å². The zero-order valence-corrected chi connectivity index (χ0v) is 12.6. The molecule has 3 N–H and O–H groups in total. The summed E-state index contributed by atoms with van der Waals surface area (Å²) in [5.74, 6) is -2.51. The summed E-state index contributed by atoms with van der Waals surface area (Å²) in [5.41, 5.74) is 1.34. The molecule has 0 spiro atoms. The minimum absolute atomic E-state index is 0.558. The van der Waals surface area contributed by atoms with Crippen molar-refractivity contribution in [2.75, 3.05) is 13.1 Å². The number of carbonyl (C=O) groups is 2. The molecule has 21 heavy (non-hydrogen) atoms. The fourth-order valence-electron chi connectivity index (χ4n) is 1.68. The highest BCUT2D eigenvalue weighted by Gasteiger charge is 2.14. The average Bonchev–Trinajstić information content (AvgIpc) is 2.93. The predicted molar refractivity (Wildman–Crippen MR) is 82.7 cm³/mol. The van der Waals surface area contributed by atoms with Crippen molar-refractivity contribution in [2.24, 2.45) is 0 Å². The second-order valence-electron chi connectivity index (χ2n) is 4.56. The van der Waals surface area contributed by atoms with Crippen LogP contribution in [0.3, 0.4) is 0 Å². The molecule has 1 aliphatic rings. The van der Waals surface area contributed by atoms with Gasteiger partial charge in [0.2, 0.25) is 0 Å². The van der Waals surface area contributed by atoms with Gasteiger partial charge in [-0.25, -0.2) is 9.59 Å². The van der Waals surface area contributed by atoms with E-state index in [0.717, 1.165) is 5.25 Å². The predicted octanol–water partition coefficient (Wildman–Crippen LogP) is 2.16. The molecule has 5 nitrogen and oxygen atoms in total. The Bertz CT molecular complexity index is 477. The number of hydrogen-bond donors (Lipinski definition) is 3.